The molecule has 1 aliphatic carbocycles. The number of allylic oxidation sites excluding steroid dienone is 2. The average Bonchev–Trinajstić information content (AvgIpc) is 2.72. The summed E-state index contributed by atoms with van der Waals surface area (Å²) in [5, 5.41) is 0. The van der Waals surface area contributed by atoms with E-state index >= 15 is 0 Å². The maximum absolute atomic E-state index is 11.9. The Hall–Kier alpha value is -1.65. The summed E-state index contributed by atoms with van der Waals surface area (Å²) in [6.07, 6.45) is 4.42. The standard InChI is InChI=1S/C10H12N2O3/c1-11-7(13)10(5-3-4-6-10)8(14)12(2)9(11)15/h3-4H,5-6H2,1-2H3. The first-order chi connectivity index (χ1) is 7.00. The Kier molecular flexibility index (Phi) is 1.92. The number of hydrogen-bond donors (Lipinski definition) is 0. The Balaban J connectivity index is 2.44. The summed E-state index contributed by atoms with van der Waals surface area (Å²) in [7, 11) is 2.82. The van der Waals surface area contributed by atoms with Gasteiger partial charge in [0.15, 0.2) is 0 Å². The molecular weight excluding hydrogens is 196 g/mol. The minimum Gasteiger partial charge on any atom is -0.273 e. The van der Waals surface area contributed by atoms with Crippen molar-refractivity contribution in [2.45, 2.75) is 12.8 Å². The highest BCUT2D eigenvalue weighted by atomic mass is 16.2. The minimum atomic E-state index is -1.04. The van der Waals surface area contributed by atoms with Crippen molar-refractivity contribution in [1.82, 2.24) is 9.80 Å². The lowest BCUT2D eigenvalue weighted by Gasteiger charge is -2.39. The first-order valence-electron chi connectivity index (χ1n) is 4.76. The molecule has 0 saturated carbocycles. The van der Waals surface area contributed by atoms with Crippen LogP contribution in [-0.4, -0.2) is 41.7 Å². The summed E-state index contributed by atoms with van der Waals surface area (Å²) in [5.41, 5.74) is -1.04. The van der Waals surface area contributed by atoms with Crippen LogP contribution in [0.1, 0.15) is 12.8 Å². The fourth-order valence-corrected chi connectivity index (χ4v) is 2.13. The van der Waals surface area contributed by atoms with E-state index in [2.05, 4.69) is 0 Å². The molecule has 2 aliphatic rings. The van der Waals surface area contributed by atoms with E-state index in [1.54, 1.807) is 0 Å². The number of urea groups is 1. The van der Waals surface area contributed by atoms with Crippen molar-refractivity contribution < 1.29 is 14.4 Å². The van der Waals surface area contributed by atoms with E-state index in [9.17, 15) is 14.4 Å². The summed E-state index contributed by atoms with van der Waals surface area (Å²) in [5.74, 6) is -0.777. The number of carbonyl (C=O) groups is 3. The van der Waals surface area contributed by atoms with Crippen LogP contribution in [0.2, 0.25) is 0 Å². The largest absolute Gasteiger partial charge is 0.332 e. The zero-order valence-electron chi connectivity index (χ0n) is 8.69. The molecule has 80 valence electrons. The Morgan fingerprint density at radius 3 is 1.80 bits per heavy atom. The molecule has 0 aromatic rings. The van der Waals surface area contributed by atoms with E-state index in [-0.39, 0.29) is 11.8 Å². The van der Waals surface area contributed by atoms with Crippen molar-refractivity contribution in [3.8, 4) is 0 Å². The first kappa shape index (κ1) is 9.89. The van der Waals surface area contributed by atoms with E-state index in [1.807, 2.05) is 12.2 Å². The van der Waals surface area contributed by atoms with E-state index in [1.165, 1.54) is 14.1 Å². The molecule has 0 radical (unpaired) electrons. The Morgan fingerprint density at radius 1 is 1.00 bits per heavy atom. The quantitative estimate of drug-likeness (QED) is 0.427. The van der Waals surface area contributed by atoms with E-state index < -0.39 is 11.4 Å². The Bertz CT molecular complexity index is 352. The number of imide groups is 2. The van der Waals surface area contributed by atoms with Crippen LogP contribution >= 0.6 is 0 Å². The average molecular weight is 208 g/mol. The maximum atomic E-state index is 11.9. The highest BCUT2D eigenvalue weighted by Gasteiger charge is 2.55. The van der Waals surface area contributed by atoms with E-state index in [4.69, 9.17) is 0 Å². The van der Waals surface area contributed by atoms with Crippen LogP contribution in [0.15, 0.2) is 12.2 Å². The number of rotatable bonds is 0. The fourth-order valence-electron chi connectivity index (χ4n) is 2.13. The van der Waals surface area contributed by atoms with Gasteiger partial charge in [-0.15, -0.1) is 0 Å². The van der Waals surface area contributed by atoms with Crippen LogP contribution < -0.4 is 0 Å². The molecule has 0 unspecified atom stereocenters. The number of barbiturate groups is 1. The normalized spacial score (nSPS) is 24.5. The van der Waals surface area contributed by atoms with Gasteiger partial charge >= 0.3 is 6.03 Å². The molecule has 2 rings (SSSR count). The predicted molar refractivity (Wildman–Crippen MR) is 51.7 cm³/mol. The van der Waals surface area contributed by atoms with Gasteiger partial charge in [-0.1, -0.05) is 12.2 Å². The molecule has 0 aromatic carbocycles. The summed E-state index contributed by atoms with van der Waals surface area (Å²) >= 11 is 0. The van der Waals surface area contributed by atoms with Crippen LogP contribution in [0, 0.1) is 5.41 Å². The molecule has 1 spiro atoms. The SMILES string of the molecule is CN1C(=O)N(C)C(=O)C2(CC=CC2)C1=O. The van der Waals surface area contributed by atoms with Gasteiger partial charge in [0.1, 0.15) is 5.41 Å². The van der Waals surface area contributed by atoms with Crippen molar-refractivity contribution in [1.29, 1.82) is 0 Å². The van der Waals surface area contributed by atoms with Crippen molar-refractivity contribution in [3.63, 3.8) is 0 Å². The second-order valence-electron chi connectivity index (χ2n) is 3.97. The summed E-state index contributed by atoms with van der Waals surface area (Å²) < 4.78 is 0. The molecule has 1 aliphatic heterocycles. The van der Waals surface area contributed by atoms with Gasteiger partial charge in [-0.3, -0.25) is 19.4 Å². The molecule has 0 aromatic heterocycles. The fraction of sp³-hybridized carbons (Fsp3) is 0.500. The van der Waals surface area contributed by atoms with Crippen LogP contribution in [0.5, 0.6) is 0 Å². The lowest BCUT2D eigenvalue weighted by Crippen LogP contribution is -2.62. The van der Waals surface area contributed by atoms with Crippen molar-refractivity contribution in [2.75, 3.05) is 14.1 Å². The van der Waals surface area contributed by atoms with Gasteiger partial charge in [-0.25, -0.2) is 4.79 Å². The maximum Gasteiger partial charge on any atom is 0.332 e. The topological polar surface area (TPSA) is 57.7 Å². The molecule has 5 nitrogen and oxygen atoms in total. The van der Waals surface area contributed by atoms with Gasteiger partial charge in [-0.2, -0.15) is 0 Å². The molecular formula is C10H12N2O3. The van der Waals surface area contributed by atoms with Gasteiger partial charge in [0, 0.05) is 14.1 Å². The number of amides is 4. The van der Waals surface area contributed by atoms with Crippen LogP contribution in [0.4, 0.5) is 4.79 Å². The molecule has 0 bridgehead atoms. The molecule has 15 heavy (non-hydrogen) atoms. The minimum absolute atomic E-state index is 0.388. The molecule has 0 atom stereocenters. The lowest BCUT2D eigenvalue weighted by molar-refractivity contribution is -0.156. The molecule has 4 amide bonds. The summed E-state index contributed by atoms with van der Waals surface area (Å²) in [6, 6.07) is -0.553. The second-order valence-corrected chi connectivity index (χ2v) is 3.97. The molecule has 1 heterocycles. The van der Waals surface area contributed by atoms with Crippen molar-refractivity contribution in [2.24, 2.45) is 5.41 Å². The van der Waals surface area contributed by atoms with Gasteiger partial charge in [0.05, 0.1) is 0 Å². The van der Waals surface area contributed by atoms with Crippen LogP contribution in [-0.2, 0) is 9.59 Å². The van der Waals surface area contributed by atoms with Crippen molar-refractivity contribution >= 4 is 17.8 Å². The Morgan fingerprint density at radius 2 is 1.40 bits per heavy atom. The zero-order chi connectivity index (χ0) is 11.2. The molecule has 5 heteroatoms. The van der Waals surface area contributed by atoms with E-state index in [0.717, 1.165) is 9.80 Å². The van der Waals surface area contributed by atoms with Gasteiger partial charge in [0.2, 0.25) is 11.8 Å². The molecule has 1 saturated heterocycles. The second kappa shape index (κ2) is 2.92. The molecule has 0 N–H and O–H groups in total. The number of nitrogens with zero attached hydrogens (tertiary/aromatic N) is 2. The summed E-state index contributed by atoms with van der Waals surface area (Å²) in [6.45, 7) is 0. The third-order valence-electron chi connectivity index (χ3n) is 3.10. The Labute approximate surface area is 87.3 Å². The van der Waals surface area contributed by atoms with E-state index in [0.29, 0.717) is 12.8 Å². The first-order valence-corrected chi connectivity index (χ1v) is 4.76. The van der Waals surface area contributed by atoms with Gasteiger partial charge < -0.3 is 0 Å². The highest BCUT2D eigenvalue weighted by molar-refractivity contribution is 6.19. The van der Waals surface area contributed by atoms with Gasteiger partial charge in [-0.05, 0) is 12.8 Å². The van der Waals surface area contributed by atoms with Crippen LogP contribution in [0.25, 0.3) is 0 Å². The van der Waals surface area contributed by atoms with Gasteiger partial charge in [0.25, 0.3) is 0 Å². The van der Waals surface area contributed by atoms with Crippen LogP contribution in [0.3, 0.4) is 0 Å². The summed E-state index contributed by atoms with van der Waals surface area (Å²) in [4.78, 5) is 37.4. The number of hydrogen-bond acceptors (Lipinski definition) is 3. The third kappa shape index (κ3) is 1.06. The zero-order valence-corrected chi connectivity index (χ0v) is 8.69. The number of carbonyl (C=O) groups excluding carboxylic acids is 3. The highest BCUT2D eigenvalue weighted by Crippen LogP contribution is 2.39. The lowest BCUT2D eigenvalue weighted by atomic mass is 9.81. The predicted octanol–water partition coefficient (Wildman–Crippen LogP) is 0.373. The monoisotopic (exact) mass is 208 g/mol. The van der Waals surface area contributed by atoms with Crippen molar-refractivity contribution in [3.05, 3.63) is 12.2 Å². The smallest absolute Gasteiger partial charge is 0.273 e. The molecule has 1 fully saturated rings. The third-order valence-corrected chi connectivity index (χ3v) is 3.10.